The molecule has 3 saturated heterocycles. The van der Waals surface area contributed by atoms with Gasteiger partial charge >= 0.3 is 6.09 Å². The van der Waals surface area contributed by atoms with E-state index < -0.39 is 41.6 Å². The average molecular weight is 527 g/mol. The van der Waals surface area contributed by atoms with Crippen LogP contribution in [0.1, 0.15) is 46.5 Å². The Morgan fingerprint density at radius 2 is 1.81 bits per heavy atom. The summed E-state index contributed by atoms with van der Waals surface area (Å²) in [5.41, 5.74) is -0.520. The topological polar surface area (TPSA) is 91.4 Å². The van der Waals surface area contributed by atoms with Crippen molar-refractivity contribution >= 4 is 23.6 Å². The molecule has 0 aromatic heterocycles. The zero-order valence-electron chi connectivity index (χ0n) is 21.3. The molecule has 3 heterocycles. The van der Waals surface area contributed by atoms with E-state index in [1.165, 1.54) is 18.2 Å². The van der Waals surface area contributed by atoms with E-state index in [0.717, 1.165) is 4.90 Å². The fourth-order valence-corrected chi connectivity index (χ4v) is 4.92. The summed E-state index contributed by atoms with van der Waals surface area (Å²) < 4.78 is 56.0. The van der Waals surface area contributed by atoms with Gasteiger partial charge in [-0.1, -0.05) is 0 Å². The van der Waals surface area contributed by atoms with Crippen molar-refractivity contribution in [2.45, 2.75) is 70.2 Å². The number of imide groups is 1. The first-order valence-corrected chi connectivity index (χ1v) is 12.5. The van der Waals surface area contributed by atoms with Gasteiger partial charge in [0, 0.05) is 58.1 Å². The van der Waals surface area contributed by atoms with Crippen LogP contribution in [0.5, 0.6) is 5.75 Å². The summed E-state index contributed by atoms with van der Waals surface area (Å²) in [6.45, 7) is 6.21. The molecule has 2 atom stereocenters. The third-order valence-electron chi connectivity index (χ3n) is 6.60. The average Bonchev–Trinajstić information content (AvgIpc) is 2.79. The number of likely N-dealkylation sites (tertiary alicyclic amines) is 1. The summed E-state index contributed by atoms with van der Waals surface area (Å²) in [7, 11) is 0. The van der Waals surface area contributed by atoms with E-state index in [1.54, 1.807) is 30.6 Å². The molecule has 0 saturated carbocycles. The molecule has 0 bridgehead atoms. The van der Waals surface area contributed by atoms with Crippen LogP contribution in [0.2, 0.25) is 0 Å². The van der Waals surface area contributed by atoms with Crippen LogP contribution in [0.15, 0.2) is 18.2 Å². The van der Waals surface area contributed by atoms with Crippen LogP contribution >= 0.6 is 0 Å². The first-order chi connectivity index (χ1) is 17.3. The highest BCUT2D eigenvalue weighted by Gasteiger charge is 2.52. The van der Waals surface area contributed by atoms with Crippen LogP contribution in [0.4, 0.5) is 23.7 Å². The molecule has 4 rings (SSSR count). The standard InChI is InChI=1S/C25H33F3N4O5/c1-24(2,3)37-23(35)32-10-4-9-25(27,28)22(32)31-13-11-30(12-14-31)18-6-5-16(15-17(18)26)36-19-7-8-20(33)29-21(19)34/h5-6,15,19,22H,4,7-14H2,1-3H3,(H,29,33,34). The molecule has 204 valence electrons. The molecule has 9 nitrogen and oxygen atoms in total. The number of rotatable bonds is 4. The van der Waals surface area contributed by atoms with Crippen LogP contribution < -0.4 is 15.0 Å². The number of amides is 3. The van der Waals surface area contributed by atoms with Gasteiger partial charge in [-0.05, 0) is 39.3 Å². The zero-order chi connectivity index (χ0) is 27.0. The van der Waals surface area contributed by atoms with Crippen LogP contribution in [0.25, 0.3) is 0 Å². The van der Waals surface area contributed by atoms with Crippen molar-refractivity contribution in [3.63, 3.8) is 0 Å². The normalized spacial score (nSPS) is 25.0. The highest BCUT2D eigenvalue weighted by atomic mass is 19.3. The monoisotopic (exact) mass is 526 g/mol. The molecular weight excluding hydrogens is 493 g/mol. The molecule has 0 spiro atoms. The maximum Gasteiger partial charge on any atom is 0.411 e. The number of piperidine rings is 2. The number of hydrogen-bond acceptors (Lipinski definition) is 7. The Hall–Kier alpha value is -3.02. The van der Waals surface area contributed by atoms with Gasteiger partial charge in [0.25, 0.3) is 11.8 Å². The van der Waals surface area contributed by atoms with Crippen molar-refractivity contribution in [1.82, 2.24) is 15.1 Å². The molecule has 3 amide bonds. The molecular formula is C25H33F3N4O5. The third-order valence-corrected chi connectivity index (χ3v) is 6.60. The van der Waals surface area contributed by atoms with Crippen molar-refractivity contribution in [2.75, 3.05) is 37.6 Å². The molecule has 1 aromatic rings. The van der Waals surface area contributed by atoms with Gasteiger partial charge < -0.3 is 14.4 Å². The Labute approximate surface area is 213 Å². The minimum Gasteiger partial charge on any atom is -0.480 e. The summed E-state index contributed by atoms with van der Waals surface area (Å²) >= 11 is 0. The van der Waals surface area contributed by atoms with Crippen molar-refractivity contribution < 1.29 is 37.0 Å². The lowest BCUT2D eigenvalue weighted by molar-refractivity contribution is -0.166. The van der Waals surface area contributed by atoms with Crippen LogP contribution in [0.3, 0.4) is 0 Å². The third kappa shape index (κ3) is 6.28. The van der Waals surface area contributed by atoms with Crippen LogP contribution in [-0.2, 0) is 14.3 Å². The van der Waals surface area contributed by atoms with Gasteiger partial charge in [-0.25, -0.2) is 18.0 Å². The lowest BCUT2D eigenvalue weighted by Gasteiger charge is -2.49. The van der Waals surface area contributed by atoms with Crippen molar-refractivity contribution in [3.05, 3.63) is 24.0 Å². The molecule has 3 fully saturated rings. The summed E-state index contributed by atoms with van der Waals surface area (Å²) in [5.74, 6) is -4.44. The number of ether oxygens (including phenoxy) is 2. The van der Waals surface area contributed by atoms with E-state index in [1.807, 2.05) is 0 Å². The first-order valence-electron chi connectivity index (χ1n) is 12.5. The minimum atomic E-state index is -3.10. The van der Waals surface area contributed by atoms with Gasteiger partial charge in [0.15, 0.2) is 12.3 Å². The number of nitrogens with zero attached hydrogens (tertiary/aromatic N) is 3. The second-order valence-corrected chi connectivity index (χ2v) is 10.6. The van der Waals surface area contributed by atoms with Crippen LogP contribution in [-0.4, -0.2) is 84.2 Å². The Morgan fingerprint density at radius 3 is 2.43 bits per heavy atom. The van der Waals surface area contributed by atoms with Gasteiger partial charge in [-0.15, -0.1) is 0 Å². The quantitative estimate of drug-likeness (QED) is 0.603. The van der Waals surface area contributed by atoms with E-state index in [9.17, 15) is 18.8 Å². The molecule has 1 N–H and O–H groups in total. The molecule has 1 aromatic carbocycles. The van der Waals surface area contributed by atoms with Crippen molar-refractivity contribution in [1.29, 1.82) is 0 Å². The van der Waals surface area contributed by atoms with E-state index in [-0.39, 0.29) is 75.8 Å². The molecule has 0 aliphatic carbocycles. The Balaban J connectivity index is 1.41. The maximum absolute atomic E-state index is 15.0. The highest BCUT2D eigenvalue weighted by molar-refractivity contribution is 5.99. The summed E-state index contributed by atoms with van der Waals surface area (Å²) in [6, 6.07) is 4.23. The molecule has 0 radical (unpaired) electrons. The second-order valence-electron chi connectivity index (χ2n) is 10.6. The van der Waals surface area contributed by atoms with Crippen LogP contribution in [0, 0.1) is 5.82 Å². The van der Waals surface area contributed by atoms with E-state index in [2.05, 4.69) is 5.32 Å². The number of hydrogen-bond donors (Lipinski definition) is 1. The fourth-order valence-electron chi connectivity index (χ4n) is 4.92. The second kappa shape index (κ2) is 10.4. The summed E-state index contributed by atoms with van der Waals surface area (Å²) in [6.07, 6.45) is -2.85. The van der Waals surface area contributed by atoms with Crippen molar-refractivity contribution in [2.24, 2.45) is 0 Å². The Bertz CT molecular complexity index is 1040. The molecule has 12 heteroatoms. The number of anilines is 1. The first kappa shape index (κ1) is 27.0. The number of nitrogens with one attached hydrogen (secondary N) is 1. The smallest absolute Gasteiger partial charge is 0.411 e. The molecule has 2 unspecified atom stereocenters. The lowest BCUT2D eigenvalue weighted by atomic mass is 10.0. The lowest BCUT2D eigenvalue weighted by Crippen LogP contribution is -2.66. The van der Waals surface area contributed by atoms with E-state index in [0.29, 0.717) is 0 Å². The van der Waals surface area contributed by atoms with E-state index >= 15 is 8.78 Å². The number of alkyl halides is 2. The van der Waals surface area contributed by atoms with Gasteiger partial charge in [0.1, 0.15) is 17.2 Å². The summed E-state index contributed by atoms with van der Waals surface area (Å²) in [5, 5.41) is 2.19. The minimum absolute atomic E-state index is 0.145. The molecule has 3 aliphatic rings. The van der Waals surface area contributed by atoms with Gasteiger partial charge in [0.05, 0.1) is 5.69 Å². The number of carbonyl (C=O) groups is 3. The SMILES string of the molecule is CC(C)(C)OC(=O)N1CCCC(F)(F)C1N1CCN(c2ccc(OC3CCC(=O)NC3=O)cc2F)CC1. The predicted octanol–water partition coefficient (Wildman–Crippen LogP) is 3.12. The largest absolute Gasteiger partial charge is 0.480 e. The van der Waals surface area contributed by atoms with E-state index in [4.69, 9.17) is 9.47 Å². The molecule has 3 aliphatic heterocycles. The predicted molar refractivity (Wildman–Crippen MR) is 128 cm³/mol. The van der Waals surface area contributed by atoms with Gasteiger partial charge in [-0.3, -0.25) is 24.7 Å². The number of piperazine rings is 1. The number of benzene rings is 1. The zero-order valence-corrected chi connectivity index (χ0v) is 21.3. The Kier molecular flexibility index (Phi) is 7.59. The highest BCUT2D eigenvalue weighted by Crippen LogP contribution is 2.37. The summed E-state index contributed by atoms with van der Waals surface area (Å²) in [4.78, 5) is 40.3. The number of halogens is 3. The fraction of sp³-hybridized carbons (Fsp3) is 0.640. The van der Waals surface area contributed by atoms with Gasteiger partial charge in [0.2, 0.25) is 5.91 Å². The molecule has 37 heavy (non-hydrogen) atoms. The van der Waals surface area contributed by atoms with Crippen molar-refractivity contribution in [3.8, 4) is 5.75 Å². The van der Waals surface area contributed by atoms with Gasteiger partial charge in [-0.2, -0.15) is 0 Å². The Morgan fingerprint density at radius 1 is 1.11 bits per heavy atom. The number of carbonyl (C=O) groups excluding carboxylic acids is 3. The maximum atomic E-state index is 15.0.